The van der Waals surface area contributed by atoms with Gasteiger partial charge in [-0.25, -0.2) is 9.59 Å². The third-order valence-electron chi connectivity index (χ3n) is 4.02. The zero-order valence-electron chi connectivity index (χ0n) is 16.4. The van der Waals surface area contributed by atoms with Crippen molar-refractivity contribution in [2.75, 3.05) is 18.6 Å². The van der Waals surface area contributed by atoms with Gasteiger partial charge in [0, 0.05) is 6.04 Å². The lowest BCUT2D eigenvalue weighted by Crippen LogP contribution is -2.47. The van der Waals surface area contributed by atoms with Crippen LogP contribution in [-0.4, -0.2) is 65.3 Å². The number of thioether (sulfide) groups is 1. The molecular formula is C19H23N3O6S. The van der Waals surface area contributed by atoms with Crippen LogP contribution in [0.5, 0.6) is 0 Å². The van der Waals surface area contributed by atoms with Crippen molar-refractivity contribution in [2.24, 2.45) is 0 Å². The van der Waals surface area contributed by atoms with Gasteiger partial charge in [-0.15, -0.1) is 0 Å². The van der Waals surface area contributed by atoms with Crippen LogP contribution in [-0.2, 0) is 14.3 Å². The van der Waals surface area contributed by atoms with E-state index in [0.29, 0.717) is 5.75 Å². The molecule has 1 aliphatic rings. The Hall–Kier alpha value is -2.88. The minimum absolute atomic E-state index is 0.171. The first-order valence-electron chi connectivity index (χ1n) is 8.99. The number of rotatable bonds is 8. The molecule has 0 bridgehead atoms. The average molecular weight is 421 g/mol. The van der Waals surface area contributed by atoms with Crippen molar-refractivity contribution in [3.63, 3.8) is 0 Å². The van der Waals surface area contributed by atoms with E-state index in [-0.39, 0.29) is 23.6 Å². The third kappa shape index (κ3) is 5.57. The molecule has 9 nitrogen and oxygen atoms in total. The maximum absolute atomic E-state index is 12.7. The van der Waals surface area contributed by atoms with Crippen LogP contribution in [0.15, 0.2) is 24.3 Å². The Kier molecular flexibility index (Phi) is 7.77. The summed E-state index contributed by atoms with van der Waals surface area (Å²) in [5.74, 6) is -2.35. The molecule has 2 N–H and O–H groups in total. The number of nitrogens with one attached hydrogen (secondary N) is 2. The average Bonchev–Trinajstić information content (AvgIpc) is 2.91. The first kappa shape index (κ1) is 22.4. The van der Waals surface area contributed by atoms with Crippen LogP contribution in [0.2, 0.25) is 0 Å². The smallest absolute Gasteiger partial charge is 0.329 e. The normalized spacial score (nSPS) is 13.9. The van der Waals surface area contributed by atoms with Crippen molar-refractivity contribution < 1.29 is 28.7 Å². The van der Waals surface area contributed by atoms with Crippen LogP contribution in [0.4, 0.5) is 4.79 Å². The molecule has 29 heavy (non-hydrogen) atoms. The van der Waals surface area contributed by atoms with E-state index in [2.05, 4.69) is 5.32 Å². The SMILES string of the molecule is CSCC[C@H](C(=O)OCC(=O)NC(=O)NC(C)C)N1C(=O)c2ccccc2C1=O. The zero-order chi connectivity index (χ0) is 21.6. The standard InChI is InChI=1S/C19H23N3O6S/c1-11(2)20-19(27)21-15(23)10-28-18(26)14(8-9-29-3)22-16(24)12-6-4-5-7-13(12)17(22)25/h4-7,11,14H,8-10H2,1-3H3,(H2,20,21,23,27)/t14-/m1/s1. The van der Waals surface area contributed by atoms with E-state index in [1.165, 1.54) is 23.9 Å². The Bertz CT molecular complexity index is 791. The third-order valence-corrected chi connectivity index (χ3v) is 4.67. The molecule has 156 valence electrons. The van der Waals surface area contributed by atoms with Crippen molar-refractivity contribution in [3.8, 4) is 0 Å². The van der Waals surface area contributed by atoms with Gasteiger partial charge in [-0.1, -0.05) is 12.1 Å². The van der Waals surface area contributed by atoms with Gasteiger partial charge in [0.15, 0.2) is 6.61 Å². The minimum Gasteiger partial charge on any atom is -0.454 e. The lowest BCUT2D eigenvalue weighted by atomic mass is 10.1. The molecule has 0 aromatic heterocycles. The monoisotopic (exact) mass is 421 g/mol. The summed E-state index contributed by atoms with van der Waals surface area (Å²) in [6.07, 6.45) is 2.01. The van der Waals surface area contributed by atoms with E-state index in [0.717, 1.165) is 4.90 Å². The van der Waals surface area contributed by atoms with Gasteiger partial charge in [0.1, 0.15) is 6.04 Å². The summed E-state index contributed by atoms with van der Waals surface area (Å²) in [6.45, 7) is 2.74. The van der Waals surface area contributed by atoms with Crippen LogP contribution in [0.1, 0.15) is 41.0 Å². The largest absolute Gasteiger partial charge is 0.454 e. The highest BCUT2D eigenvalue weighted by Crippen LogP contribution is 2.26. The van der Waals surface area contributed by atoms with Crippen LogP contribution in [0, 0.1) is 0 Å². The fourth-order valence-corrected chi connectivity index (χ4v) is 3.23. The summed E-state index contributed by atoms with van der Waals surface area (Å²) < 4.78 is 4.99. The molecule has 1 atom stereocenters. The lowest BCUT2D eigenvalue weighted by Gasteiger charge is -2.24. The molecule has 5 amide bonds. The van der Waals surface area contributed by atoms with Crippen LogP contribution in [0.3, 0.4) is 0 Å². The summed E-state index contributed by atoms with van der Waals surface area (Å²) >= 11 is 1.44. The van der Waals surface area contributed by atoms with Gasteiger partial charge in [-0.2, -0.15) is 11.8 Å². The van der Waals surface area contributed by atoms with Crippen molar-refractivity contribution in [1.29, 1.82) is 0 Å². The highest BCUT2D eigenvalue weighted by molar-refractivity contribution is 7.98. The number of amides is 5. The second-order valence-electron chi connectivity index (χ2n) is 6.61. The van der Waals surface area contributed by atoms with Crippen molar-refractivity contribution in [1.82, 2.24) is 15.5 Å². The molecule has 0 fully saturated rings. The summed E-state index contributed by atoms with van der Waals surface area (Å²) in [5.41, 5.74) is 0.449. The molecule has 0 unspecified atom stereocenters. The number of fused-ring (bicyclic) bond motifs is 1. The van der Waals surface area contributed by atoms with Gasteiger partial charge in [0.2, 0.25) is 0 Å². The van der Waals surface area contributed by atoms with E-state index in [4.69, 9.17) is 4.74 Å². The molecule has 2 rings (SSSR count). The Balaban J connectivity index is 2.06. The first-order valence-corrected chi connectivity index (χ1v) is 10.4. The molecule has 0 saturated heterocycles. The second-order valence-corrected chi connectivity index (χ2v) is 7.59. The molecule has 10 heteroatoms. The minimum atomic E-state index is -1.16. The van der Waals surface area contributed by atoms with E-state index in [1.807, 2.05) is 11.6 Å². The number of imide groups is 2. The summed E-state index contributed by atoms with van der Waals surface area (Å²) in [7, 11) is 0. The molecule has 1 aromatic carbocycles. The van der Waals surface area contributed by atoms with Crippen molar-refractivity contribution in [2.45, 2.75) is 32.4 Å². The Labute approximate surface area is 172 Å². The van der Waals surface area contributed by atoms with Crippen molar-refractivity contribution >= 4 is 41.5 Å². The molecule has 0 aliphatic carbocycles. The van der Waals surface area contributed by atoms with Gasteiger partial charge >= 0.3 is 12.0 Å². The van der Waals surface area contributed by atoms with Gasteiger partial charge in [0.25, 0.3) is 17.7 Å². The maximum atomic E-state index is 12.7. The second kappa shape index (κ2) is 10.1. The number of benzene rings is 1. The number of urea groups is 1. The van der Waals surface area contributed by atoms with E-state index < -0.39 is 42.4 Å². The van der Waals surface area contributed by atoms with E-state index in [9.17, 15) is 24.0 Å². The zero-order valence-corrected chi connectivity index (χ0v) is 17.2. The summed E-state index contributed by atoms with van der Waals surface area (Å²) in [4.78, 5) is 62.1. The van der Waals surface area contributed by atoms with Crippen LogP contribution >= 0.6 is 11.8 Å². The van der Waals surface area contributed by atoms with Gasteiger partial charge < -0.3 is 10.1 Å². The summed E-state index contributed by atoms with van der Waals surface area (Å²) in [6, 6.07) is 4.27. The van der Waals surface area contributed by atoms with E-state index >= 15 is 0 Å². The Morgan fingerprint density at radius 1 is 1.10 bits per heavy atom. The summed E-state index contributed by atoms with van der Waals surface area (Å²) in [5, 5.41) is 4.50. The number of carbonyl (C=O) groups is 5. The van der Waals surface area contributed by atoms with Gasteiger partial charge in [-0.05, 0) is 44.4 Å². The molecule has 0 spiro atoms. The predicted molar refractivity (Wildman–Crippen MR) is 106 cm³/mol. The number of ether oxygens (including phenoxy) is 1. The molecule has 1 aromatic rings. The topological polar surface area (TPSA) is 122 Å². The lowest BCUT2D eigenvalue weighted by molar-refractivity contribution is -0.152. The number of carbonyl (C=O) groups excluding carboxylic acids is 5. The molecule has 1 aliphatic heterocycles. The van der Waals surface area contributed by atoms with Gasteiger partial charge in [0.05, 0.1) is 11.1 Å². The number of hydrogen-bond acceptors (Lipinski definition) is 7. The Morgan fingerprint density at radius 3 is 2.21 bits per heavy atom. The molecule has 0 radical (unpaired) electrons. The van der Waals surface area contributed by atoms with Gasteiger partial charge in [-0.3, -0.25) is 24.6 Å². The fourth-order valence-electron chi connectivity index (χ4n) is 2.77. The number of nitrogens with zero attached hydrogens (tertiary/aromatic N) is 1. The number of esters is 1. The van der Waals surface area contributed by atoms with Crippen molar-refractivity contribution in [3.05, 3.63) is 35.4 Å². The fraction of sp³-hybridized carbons (Fsp3) is 0.421. The highest BCUT2D eigenvalue weighted by Gasteiger charge is 2.43. The molecular weight excluding hydrogens is 398 g/mol. The Morgan fingerprint density at radius 2 is 1.69 bits per heavy atom. The maximum Gasteiger partial charge on any atom is 0.329 e. The van der Waals surface area contributed by atoms with Crippen LogP contribution < -0.4 is 10.6 Å². The highest BCUT2D eigenvalue weighted by atomic mass is 32.2. The molecule has 1 heterocycles. The van der Waals surface area contributed by atoms with E-state index in [1.54, 1.807) is 26.0 Å². The molecule has 0 saturated carbocycles. The predicted octanol–water partition coefficient (Wildman–Crippen LogP) is 1.18. The first-order chi connectivity index (χ1) is 13.8. The quantitative estimate of drug-likeness (QED) is 0.477. The number of hydrogen-bond donors (Lipinski definition) is 2. The van der Waals surface area contributed by atoms with Crippen LogP contribution in [0.25, 0.3) is 0 Å².